The van der Waals surface area contributed by atoms with Gasteiger partial charge in [-0.1, -0.05) is 11.6 Å². The van der Waals surface area contributed by atoms with Gasteiger partial charge in [0.2, 0.25) is 0 Å². The van der Waals surface area contributed by atoms with E-state index in [0.29, 0.717) is 25.0 Å². The molecule has 0 saturated carbocycles. The number of fused-ring (bicyclic) bond motifs is 1. The van der Waals surface area contributed by atoms with Gasteiger partial charge in [-0.3, -0.25) is 4.79 Å². The Hall–Kier alpha value is -2.77. The van der Waals surface area contributed by atoms with Gasteiger partial charge in [0.15, 0.2) is 11.3 Å². The number of halogens is 7. The van der Waals surface area contributed by atoms with Gasteiger partial charge in [0, 0.05) is 37.4 Å². The maximum absolute atomic E-state index is 13.2. The lowest BCUT2D eigenvalue weighted by atomic mass is 9.85. The second kappa shape index (κ2) is 8.47. The monoisotopic (exact) mass is 513 g/mol. The van der Waals surface area contributed by atoms with Crippen LogP contribution in [0.5, 0.6) is 0 Å². The number of piperidine rings is 1. The Bertz CT molecular complexity index is 1080. The fourth-order valence-electron chi connectivity index (χ4n) is 4.47. The summed E-state index contributed by atoms with van der Waals surface area (Å²) in [5.41, 5.74) is -0.205. The highest BCUT2D eigenvalue weighted by atomic mass is 35.5. The van der Waals surface area contributed by atoms with Crippen LogP contribution >= 0.6 is 11.6 Å². The Morgan fingerprint density at radius 2 is 1.71 bits per heavy atom. The Kier molecular flexibility index (Phi) is 6.07. The quantitative estimate of drug-likeness (QED) is 0.446. The van der Waals surface area contributed by atoms with Crippen molar-refractivity contribution in [2.75, 3.05) is 19.6 Å². The van der Waals surface area contributed by atoms with Crippen LogP contribution in [0, 0.1) is 0 Å². The third kappa shape index (κ3) is 4.59. The van der Waals surface area contributed by atoms with Crippen molar-refractivity contribution in [1.29, 1.82) is 0 Å². The van der Waals surface area contributed by atoms with Gasteiger partial charge in [-0.05, 0) is 31.7 Å². The lowest BCUT2D eigenvalue weighted by Crippen LogP contribution is -2.56. The summed E-state index contributed by atoms with van der Waals surface area (Å²) in [4.78, 5) is 31.7. The summed E-state index contributed by atoms with van der Waals surface area (Å²) in [6.45, 7) is 0.0797. The lowest BCUT2D eigenvalue weighted by molar-refractivity contribution is -0.308. The molecule has 0 N–H and O–H groups in total. The average molecular weight is 514 g/mol. The van der Waals surface area contributed by atoms with Crippen LogP contribution in [0.4, 0.5) is 31.1 Å². The zero-order valence-electron chi connectivity index (χ0n) is 17.4. The second-order valence-electron chi connectivity index (χ2n) is 8.20. The number of alkyl halides is 6. The topological polar surface area (TPSA) is 80.0 Å². The van der Waals surface area contributed by atoms with Crippen LogP contribution in [0.15, 0.2) is 18.3 Å². The van der Waals surface area contributed by atoms with Gasteiger partial charge in [0.25, 0.3) is 12.0 Å². The molecule has 1 spiro atoms. The molecule has 0 bridgehead atoms. The lowest BCUT2D eigenvalue weighted by Gasteiger charge is -2.44. The zero-order valence-corrected chi connectivity index (χ0v) is 18.1. The fourth-order valence-corrected chi connectivity index (χ4v) is 4.62. The molecular formula is C19H18ClF6N5O3. The molecule has 34 heavy (non-hydrogen) atoms. The minimum absolute atomic E-state index is 0.121. The van der Waals surface area contributed by atoms with Crippen molar-refractivity contribution in [2.24, 2.45) is 0 Å². The molecule has 0 radical (unpaired) electrons. The maximum Gasteiger partial charge on any atom is 0.434 e. The first-order valence-corrected chi connectivity index (χ1v) is 10.6. The van der Waals surface area contributed by atoms with E-state index in [2.05, 4.69) is 14.8 Å². The van der Waals surface area contributed by atoms with Crippen LogP contribution in [0.1, 0.15) is 36.2 Å². The molecule has 2 aliphatic heterocycles. The van der Waals surface area contributed by atoms with E-state index in [1.54, 1.807) is 11.1 Å². The maximum atomic E-state index is 13.2. The molecule has 2 amide bonds. The fraction of sp³-hybridized carbons (Fsp3) is 0.579. The van der Waals surface area contributed by atoms with Crippen LogP contribution in [0.2, 0.25) is 5.15 Å². The van der Waals surface area contributed by atoms with Crippen molar-refractivity contribution in [1.82, 2.24) is 24.4 Å². The van der Waals surface area contributed by atoms with E-state index < -0.39 is 30.1 Å². The first-order valence-electron chi connectivity index (χ1n) is 10.2. The van der Waals surface area contributed by atoms with Crippen LogP contribution in [0.3, 0.4) is 0 Å². The molecule has 186 valence electrons. The second-order valence-corrected chi connectivity index (χ2v) is 8.59. The summed E-state index contributed by atoms with van der Waals surface area (Å²) in [7, 11) is 0. The zero-order chi connectivity index (χ0) is 24.9. The van der Waals surface area contributed by atoms with Gasteiger partial charge >= 0.3 is 18.4 Å². The van der Waals surface area contributed by atoms with Crippen molar-refractivity contribution < 1.29 is 40.7 Å². The van der Waals surface area contributed by atoms with Crippen LogP contribution < -0.4 is 0 Å². The van der Waals surface area contributed by atoms with Gasteiger partial charge in [-0.15, -0.1) is 0 Å². The van der Waals surface area contributed by atoms with Gasteiger partial charge in [0.1, 0.15) is 5.15 Å². The van der Waals surface area contributed by atoms with E-state index in [9.17, 15) is 35.9 Å². The standard InChI is InChI=1S/C19H18ClF6N5O3/c20-12-2-7-31-13(27-12)10-11(28-31)14(32)30-6-1-3-17(30)4-8-29(9-5-17)16(33)34-15(18(21,22)23)19(24,25)26/h2,7,10,15H,1,3-6,8-9H2. The first kappa shape index (κ1) is 24.4. The molecule has 2 aliphatic rings. The summed E-state index contributed by atoms with van der Waals surface area (Å²) in [5.74, 6) is -0.385. The van der Waals surface area contributed by atoms with E-state index in [-0.39, 0.29) is 42.7 Å². The number of hydrogen-bond donors (Lipinski definition) is 0. The number of hydrogen-bond acceptors (Lipinski definition) is 5. The summed E-state index contributed by atoms with van der Waals surface area (Å²) in [5, 5.41) is 4.43. The number of carbonyl (C=O) groups excluding carboxylic acids is 2. The molecule has 2 fully saturated rings. The highest BCUT2D eigenvalue weighted by Crippen LogP contribution is 2.40. The smallest absolute Gasteiger partial charge is 0.426 e. The summed E-state index contributed by atoms with van der Waals surface area (Å²) >= 11 is 5.86. The molecule has 15 heteroatoms. The molecule has 0 aliphatic carbocycles. The van der Waals surface area contributed by atoms with Crippen molar-refractivity contribution in [3.05, 3.63) is 29.2 Å². The number of amides is 2. The predicted octanol–water partition coefficient (Wildman–Crippen LogP) is 4.08. The summed E-state index contributed by atoms with van der Waals surface area (Å²) < 4.78 is 81.4. The molecule has 4 rings (SSSR count). The first-order chi connectivity index (χ1) is 15.8. The summed E-state index contributed by atoms with van der Waals surface area (Å²) in [6.07, 6.45) is -14.4. The molecule has 2 aromatic heterocycles. The van der Waals surface area contributed by atoms with Crippen molar-refractivity contribution in [3.63, 3.8) is 0 Å². The normalized spacial score (nSPS) is 18.8. The van der Waals surface area contributed by atoms with Crippen LogP contribution in [0.25, 0.3) is 5.65 Å². The number of likely N-dealkylation sites (tertiary alicyclic amines) is 2. The Labute approximate surface area is 193 Å². The largest absolute Gasteiger partial charge is 0.434 e. The summed E-state index contributed by atoms with van der Waals surface area (Å²) in [6, 6.07) is 2.98. The molecular weight excluding hydrogens is 496 g/mol. The highest BCUT2D eigenvalue weighted by Gasteiger charge is 2.60. The average Bonchev–Trinajstić information content (AvgIpc) is 3.34. The van der Waals surface area contributed by atoms with Crippen molar-refractivity contribution in [3.8, 4) is 0 Å². The van der Waals surface area contributed by atoms with Gasteiger partial charge in [-0.25, -0.2) is 14.3 Å². The number of ether oxygens (including phenoxy) is 1. The molecule has 4 heterocycles. The van der Waals surface area contributed by atoms with Crippen LogP contribution in [-0.4, -0.2) is 80.0 Å². The number of rotatable bonds is 2. The van der Waals surface area contributed by atoms with E-state index in [1.807, 2.05) is 0 Å². The van der Waals surface area contributed by atoms with E-state index in [0.717, 1.165) is 4.90 Å². The van der Waals surface area contributed by atoms with E-state index in [1.165, 1.54) is 16.6 Å². The molecule has 0 unspecified atom stereocenters. The molecule has 2 saturated heterocycles. The highest BCUT2D eigenvalue weighted by molar-refractivity contribution is 6.29. The van der Waals surface area contributed by atoms with Crippen LogP contribution in [-0.2, 0) is 4.74 Å². The SMILES string of the molecule is O=C(OC(C(F)(F)F)C(F)(F)F)N1CCC2(CCCN2C(=O)c2cc3nc(Cl)ccn3n2)CC1. The van der Waals surface area contributed by atoms with Crippen molar-refractivity contribution >= 4 is 29.2 Å². The number of nitrogens with zero attached hydrogens (tertiary/aromatic N) is 5. The van der Waals surface area contributed by atoms with E-state index in [4.69, 9.17) is 11.6 Å². The number of aromatic nitrogens is 3. The van der Waals surface area contributed by atoms with E-state index >= 15 is 0 Å². The van der Waals surface area contributed by atoms with Gasteiger partial charge in [-0.2, -0.15) is 31.4 Å². The third-order valence-corrected chi connectivity index (χ3v) is 6.33. The minimum atomic E-state index is -5.78. The molecule has 8 nitrogen and oxygen atoms in total. The molecule has 0 atom stereocenters. The minimum Gasteiger partial charge on any atom is -0.426 e. The number of carbonyl (C=O) groups is 2. The van der Waals surface area contributed by atoms with Crippen molar-refractivity contribution in [2.45, 2.75) is 49.7 Å². The Morgan fingerprint density at radius 3 is 2.32 bits per heavy atom. The van der Waals surface area contributed by atoms with Gasteiger partial charge < -0.3 is 14.5 Å². The Morgan fingerprint density at radius 1 is 1.06 bits per heavy atom. The van der Waals surface area contributed by atoms with Gasteiger partial charge in [0.05, 0.1) is 0 Å². The molecule has 0 aromatic carbocycles. The third-order valence-electron chi connectivity index (χ3n) is 6.12. The Balaban J connectivity index is 1.45. The predicted molar refractivity (Wildman–Crippen MR) is 104 cm³/mol. The molecule has 2 aromatic rings.